The average Bonchev–Trinajstić information content (AvgIpc) is 2.78. The molecule has 2 fully saturated rings. The second kappa shape index (κ2) is 8.49. The zero-order valence-corrected chi connectivity index (χ0v) is 15.8. The summed E-state index contributed by atoms with van der Waals surface area (Å²) >= 11 is 0. The van der Waals surface area contributed by atoms with E-state index in [9.17, 15) is 14.4 Å². The molecule has 0 radical (unpaired) electrons. The van der Waals surface area contributed by atoms with Gasteiger partial charge >= 0.3 is 17.9 Å². The molecule has 2 bridgehead atoms. The lowest BCUT2D eigenvalue weighted by Crippen LogP contribution is -2.46. The molecule has 0 spiro atoms. The Bertz CT molecular complexity index is 626. The van der Waals surface area contributed by atoms with Crippen LogP contribution in [0, 0.1) is 0 Å². The van der Waals surface area contributed by atoms with Gasteiger partial charge in [0.1, 0.15) is 12.2 Å². The van der Waals surface area contributed by atoms with Crippen LogP contribution >= 0.6 is 0 Å². The van der Waals surface area contributed by atoms with E-state index in [4.69, 9.17) is 9.47 Å². The number of piperidine rings is 1. The molecule has 2 aliphatic heterocycles. The van der Waals surface area contributed by atoms with Crippen molar-refractivity contribution < 1.29 is 28.6 Å². The fourth-order valence-electron chi connectivity index (χ4n) is 3.56. The van der Waals surface area contributed by atoms with Crippen LogP contribution in [0.3, 0.4) is 0 Å². The third kappa shape index (κ3) is 4.52. The minimum Gasteiger partial charge on any atom is -0.466 e. The van der Waals surface area contributed by atoms with E-state index in [2.05, 4.69) is 16.2 Å². The van der Waals surface area contributed by atoms with E-state index < -0.39 is 11.9 Å². The Labute approximate surface area is 154 Å². The van der Waals surface area contributed by atoms with Crippen LogP contribution in [0.15, 0.2) is 23.8 Å². The molecule has 0 aromatic carbocycles. The number of nitrogens with zero attached hydrogens (tertiary/aromatic N) is 1. The topological polar surface area (TPSA) is 82.1 Å². The Balaban J connectivity index is 1.92. The molecular formula is C19H27NO6. The van der Waals surface area contributed by atoms with E-state index in [0.29, 0.717) is 18.4 Å². The summed E-state index contributed by atoms with van der Waals surface area (Å²) in [6, 6.07) is 0.211. The van der Waals surface area contributed by atoms with Crippen LogP contribution < -0.4 is 0 Å². The summed E-state index contributed by atoms with van der Waals surface area (Å²) < 4.78 is 15.7. The molecule has 4 atom stereocenters. The highest BCUT2D eigenvalue weighted by molar-refractivity contribution is 5.93. The molecule has 26 heavy (non-hydrogen) atoms. The van der Waals surface area contributed by atoms with Crippen molar-refractivity contribution in [1.29, 1.82) is 0 Å². The Morgan fingerprint density at radius 1 is 1.15 bits per heavy atom. The van der Waals surface area contributed by atoms with Gasteiger partial charge in [0.2, 0.25) is 0 Å². The molecule has 2 saturated heterocycles. The van der Waals surface area contributed by atoms with Gasteiger partial charge in [0.05, 0.1) is 19.6 Å². The molecule has 2 aliphatic rings. The molecule has 2 rings (SSSR count). The normalized spacial score (nSPS) is 28.4. The highest BCUT2D eigenvalue weighted by atomic mass is 16.6. The van der Waals surface area contributed by atoms with Crippen molar-refractivity contribution in [3.63, 3.8) is 0 Å². The quantitative estimate of drug-likeness (QED) is 0.403. The van der Waals surface area contributed by atoms with Gasteiger partial charge in [-0.1, -0.05) is 12.7 Å². The van der Waals surface area contributed by atoms with Crippen molar-refractivity contribution >= 4 is 17.9 Å². The van der Waals surface area contributed by atoms with Crippen molar-refractivity contribution in [3.05, 3.63) is 23.8 Å². The minimum atomic E-state index is -0.614. The van der Waals surface area contributed by atoms with Gasteiger partial charge in [0, 0.05) is 36.5 Å². The number of ether oxygens (including phenoxy) is 3. The highest BCUT2D eigenvalue weighted by Crippen LogP contribution is 2.37. The van der Waals surface area contributed by atoms with Gasteiger partial charge in [-0.25, -0.2) is 9.59 Å². The van der Waals surface area contributed by atoms with Crippen molar-refractivity contribution in [2.75, 3.05) is 14.2 Å². The molecule has 0 aromatic rings. The largest absolute Gasteiger partial charge is 0.466 e. The van der Waals surface area contributed by atoms with Crippen molar-refractivity contribution in [1.82, 2.24) is 4.90 Å². The minimum absolute atomic E-state index is 0.0176. The number of fused-ring (bicyclic) bond motifs is 2. The van der Waals surface area contributed by atoms with Crippen LogP contribution in [-0.2, 0) is 28.6 Å². The molecule has 144 valence electrons. The van der Waals surface area contributed by atoms with Gasteiger partial charge in [-0.2, -0.15) is 0 Å². The smallest absolute Gasteiger partial charge is 0.333 e. The fraction of sp³-hybridized carbons (Fsp3) is 0.632. The van der Waals surface area contributed by atoms with Crippen molar-refractivity contribution in [2.24, 2.45) is 0 Å². The number of likely N-dealkylation sites (N-methyl/N-ethyl adjacent to an activating group) is 1. The summed E-state index contributed by atoms with van der Waals surface area (Å²) in [6.45, 7) is 7.06. The van der Waals surface area contributed by atoms with Crippen LogP contribution in [0.25, 0.3) is 0 Å². The van der Waals surface area contributed by atoms with E-state index in [1.54, 1.807) is 19.9 Å². The Hall–Kier alpha value is -2.15. The number of allylic oxidation sites excluding steroid dienone is 1. The first-order valence-corrected chi connectivity index (χ1v) is 8.78. The lowest BCUT2D eigenvalue weighted by Gasteiger charge is -2.36. The molecule has 0 aliphatic carbocycles. The van der Waals surface area contributed by atoms with E-state index in [1.807, 2.05) is 7.05 Å². The second-order valence-electron chi connectivity index (χ2n) is 6.89. The first-order chi connectivity index (χ1) is 12.3. The van der Waals surface area contributed by atoms with Gasteiger partial charge in [-0.3, -0.25) is 9.69 Å². The van der Waals surface area contributed by atoms with Gasteiger partial charge < -0.3 is 14.2 Å². The summed E-state index contributed by atoms with van der Waals surface area (Å²) in [4.78, 5) is 37.6. The Kier molecular flexibility index (Phi) is 6.58. The number of hydrogen-bond donors (Lipinski definition) is 0. The number of hydrogen-bond acceptors (Lipinski definition) is 7. The van der Waals surface area contributed by atoms with Gasteiger partial charge in [-0.05, 0) is 20.9 Å². The zero-order chi connectivity index (χ0) is 19.4. The van der Waals surface area contributed by atoms with Gasteiger partial charge in [0.25, 0.3) is 0 Å². The summed E-state index contributed by atoms with van der Waals surface area (Å²) in [5.74, 6) is -1.41. The van der Waals surface area contributed by atoms with Crippen molar-refractivity contribution in [2.45, 2.75) is 63.8 Å². The first kappa shape index (κ1) is 20.2. The monoisotopic (exact) mass is 365 g/mol. The molecule has 7 heteroatoms. The standard InChI is InChI=1S/C19H27NO6/c1-6-11(2)19(23)26-16-9-13-8-14(10-15(16)20(13)4)25-17(21)7-12(3)18(22)24-5/h6,13-16H,3,7-10H2,1-2,4-5H3/b11-6-/t13?,14-,15?,16-/m1/s1. The van der Waals surface area contributed by atoms with Crippen LogP contribution in [0.4, 0.5) is 0 Å². The van der Waals surface area contributed by atoms with Crippen LogP contribution in [0.1, 0.15) is 39.5 Å². The number of carbonyl (C=O) groups is 3. The average molecular weight is 365 g/mol. The molecule has 0 saturated carbocycles. The summed E-state index contributed by atoms with van der Waals surface area (Å²) in [5.41, 5.74) is 0.653. The predicted octanol–water partition coefficient (Wildman–Crippen LogP) is 1.76. The van der Waals surface area contributed by atoms with Crippen LogP contribution in [0.5, 0.6) is 0 Å². The summed E-state index contributed by atoms with van der Waals surface area (Å²) in [7, 11) is 3.24. The van der Waals surface area contributed by atoms with Crippen LogP contribution in [0.2, 0.25) is 0 Å². The number of methoxy groups -OCH3 is 1. The number of carbonyl (C=O) groups excluding carboxylic acids is 3. The zero-order valence-electron chi connectivity index (χ0n) is 15.8. The molecule has 0 N–H and O–H groups in total. The van der Waals surface area contributed by atoms with Gasteiger partial charge in [0.15, 0.2) is 0 Å². The van der Waals surface area contributed by atoms with E-state index in [0.717, 1.165) is 6.42 Å². The van der Waals surface area contributed by atoms with E-state index >= 15 is 0 Å². The maximum Gasteiger partial charge on any atom is 0.333 e. The molecular weight excluding hydrogens is 338 g/mol. The molecule has 2 heterocycles. The van der Waals surface area contributed by atoms with Gasteiger partial charge in [-0.15, -0.1) is 0 Å². The maximum atomic E-state index is 12.1. The molecule has 0 amide bonds. The number of rotatable bonds is 6. The second-order valence-corrected chi connectivity index (χ2v) is 6.89. The Morgan fingerprint density at radius 2 is 1.85 bits per heavy atom. The van der Waals surface area contributed by atoms with E-state index in [1.165, 1.54) is 7.11 Å². The lowest BCUT2D eigenvalue weighted by molar-refractivity contribution is -0.155. The first-order valence-electron chi connectivity index (χ1n) is 8.78. The molecule has 0 aromatic heterocycles. The number of esters is 3. The molecule has 7 nitrogen and oxygen atoms in total. The highest BCUT2D eigenvalue weighted by Gasteiger charge is 2.47. The van der Waals surface area contributed by atoms with Crippen LogP contribution in [-0.4, -0.2) is 61.3 Å². The fourth-order valence-corrected chi connectivity index (χ4v) is 3.56. The lowest BCUT2D eigenvalue weighted by atomic mass is 10.00. The predicted molar refractivity (Wildman–Crippen MR) is 94.2 cm³/mol. The SMILES string of the molecule is C=C(CC(=O)O[C@@H]1CC2C[C@@H](OC(=O)/C(C)=C\C)C(C1)N2C)C(=O)OC. The molecule has 2 unspecified atom stereocenters. The van der Waals surface area contributed by atoms with E-state index in [-0.39, 0.29) is 42.3 Å². The summed E-state index contributed by atoms with van der Waals surface area (Å²) in [5, 5.41) is 0. The third-order valence-electron chi connectivity index (χ3n) is 5.22. The Morgan fingerprint density at radius 3 is 2.46 bits per heavy atom. The third-order valence-corrected chi connectivity index (χ3v) is 5.22. The van der Waals surface area contributed by atoms with Crippen molar-refractivity contribution in [3.8, 4) is 0 Å². The maximum absolute atomic E-state index is 12.1. The summed E-state index contributed by atoms with van der Waals surface area (Å²) in [6.07, 6.45) is 3.08.